The second-order valence-corrected chi connectivity index (χ2v) is 5.71. The van der Waals surface area contributed by atoms with E-state index in [-0.39, 0.29) is 29.4 Å². The Morgan fingerprint density at radius 2 is 1.76 bits per heavy atom. The van der Waals surface area contributed by atoms with Crippen molar-refractivity contribution < 1.29 is 23.8 Å². The minimum Gasteiger partial charge on any atom is -0.494 e. The van der Waals surface area contributed by atoms with Crippen LogP contribution in [0, 0.1) is 0 Å². The van der Waals surface area contributed by atoms with E-state index in [0.717, 1.165) is 5.75 Å². The molecule has 0 saturated heterocycles. The van der Waals surface area contributed by atoms with Gasteiger partial charge in [0.05, 0.1) is 25.9 Å². The van der Waals surface area contributed by atoms with Crippen LogP contribution in [0.1, 0.15) is 20.3 Å². The van der Waals surface area contributed by atoms with Gasteiger partial charge in [0.25, 0.3) is 0 Å². The lowest BCUT2D eigenvalue weighted by molar-refractivity contribution is -0.140. The molecule has 6 heteroatoms. The largest absolute Gasteiger partial charge is 0.494 e. The molecule has 21 heavy (non-hydrogen) atoms. The maximum absolute atomic E-state index is 11.7. The summed E-state index contributed by atoms with van der Waals surface area (Å²) in [6, 6.07) is 6.87. The van der Waals surface area contributed by atoms with Crippen molar-refractivity contribution in [3.05, 3.63) is 24.3 Å². The summed E-state index contributed by atoms with van der Waals surface area (Å²) >= 11 is 1.36. The molecule has 1 unspecified atom stereocenters. The fourth-order valence-electron chi connectivity index (χ4n) is 1.52. The Morgan fingerprint density at radius 1 is 1.14 bits per heavy atom. The maximum atomic E-state index is 11.7. The first-order chi connectivity index (χ1) is 10.0. The van der Waals surface area contributed by atoms with Crippen molar-refractivity contribution in [2.24, 2.45) is 0 Å². The van der Waals surface area contributed by atoms with Gasteiger partial charge in [0.15, 0.2) is 0 Å². The van der Waals surface area contributed by atoms with Crippen LogP contribution in [-0.2, 0) is 14.3 Å². The van der Waals surface area contributed by atoms with E-state index in [1.807, 2.05) is 13.8 Å². The van der Waals surface area contributed by atoms with Crippen molar-refractivity contribution in [2.45, 2.75) is 25.5 Å². The number of thioether (sulfide) groups is 1. The van der Waals surface area contributed by atoms with Crippen molar-refractivity contribution in [2.75, 3.05) is 19.5 Å². The average Bonchev–Trinajstić information content (AvgIpc) is 2.47. The highest BCUT2D eigenvalue weighted by Gasteiger charge is 2.13. The van der Waals surface area contributed by atoms with Gasteiger partial charge < -0.3 is 14.2 Å². The fourth-order valence-corrected chi connectivity index (χ4v) is 2.25. The van der Waals surface area contributed by atoms with Crippen LogP contribution in [0.3, 0.4) is 0 Å². The topological polar surface area (TPSA) is 61.8 Å². The first-order valence-corrected chi connectivity index (χ1v) is 7.72. The molecule has 0 spiro atoms. The molecule has 116 valence electrons. The third kappa shape index (κ3) is 7.04. The third-order valence-corrected chi connectivity index (χ3v) is 3.67. The van der Waals surface area contributed by atoms with Crippen LogP contribution in [0.2, 0.25) is 0 Å². The van der Waals surface area contributed by atoms with Crippen molar-refractivity contribution >= 4 is 23.7 Å². The number of hydrogen-bond donors (Lipinski definition) is 0. The zero-order chi connectivity index (χ0) is 15.7. The number of ether oxygens (including phenoxy) is 3. The summed E-state index contributed by atoms with van der Waals surface area (Å²) in [5, 5.41) is 0.00494. The summed E-state index contributed by atoms with van der Waals surface area (Å²) in [6.07, 6.45) is 0.275. The highest BCUT2D eigenvalue weighted by atomic mass is 32.2. The molecular formula is C15H20O5S. The summed E-state index contributed by atoms with van der Waals surface area (Å²) in [4.78, 5) is 22.8. The first kappa shape index (κ1) is 17.4. The van der Waals surface area contributed by atoms with Gasteiger partial charge >= 0.3 is 11.9 Å². The lowest BCUT2D eigenvalue weighted by Crippen LogP contribution is -2.15. The third-order valence-electron chi connectivity index (χ3n) is 2.53. The zero-order valence-electron chi connectivity index (χ0n) is 12.5. The van der Waals surface area contributed by atoms with Gasteiger partial charge in [-0.15, -0.1) is 11.8 Å². The number of carbonyl (C=O) groups is 2. The normalized spacial score (nSPS) is 11.6. The Labute approximate surface area is 129 Å². The van der Waals surface area contributed by atoms with E-state index in [1.165, 1.54) is 18.9 Å². The van der Waals surface area contributed by atoms with Gasteiger partial charge in [-0.05, 0) is 31.2 Å². The van der Waals surface area contributed by atoms with Crippen LogP contribution >= 0.6 is 11.8 Å². The molecular weight excluding hydrogens is 292 g/mol. The predicted molar refractivity (Wildman–Crippen MR) is 81.8 cm³/mol. The molecule has 5 nitrogen and oxygen atoms in total. The highest BCUT2D eigenvalue weighted by Crippen LogP contribution is 2.19. The van der Waals surface area contributed by atoms with Crippen molar-refractivity contribution in [3.63, 3.8) is 0 Å². The summed E-state index contributed by atoms with van der Waals surface area (Å²) in [5.74, 6) is 0.768. The molecule has 1 rings (SSSR count). The van der Waals surface area contributed by atoms with Gasteiger partial charge in [0, 0.05) is 5.25 Å². The van der Waals surface area contributed by atoms with Gasteiger partial charge in [-0.25, -0.2) is 0 Å². The van der Waals surface area contributed by atoms with Crippen LogP contribution < -0.4 is 9.47 Å². The molecule has 0 aliphatic carbocycles. The number of methoxy groups -OCH3 is 1. The quantitative estimate of drug-likeness (QED) is 0.543. The van der Waals surface area contributed by atoms with Gasteiger partial charge in [0.1, 0.15) is 11.5 Å². The molecule has 0 radical (unpaired) electrons. The smallest absolute Gasteiger partial charge is 0.321 e. The van der Waals surface area contributed by atoms with E-state index in [2.05, 4.69) is 4.74 Å². The molecule has 1 aromatic rings. The van der Waals surface area contributed by atoms with Gasteiger partial charge in [-0.1, -0.05) is 6.92 Å². The second kappa shape index (κ2) is 9.28. The molecule has 0 aliphatic heterocycles. The van der Waals surface area contributed by atoms with Crippen LogP contribution in [0.25, 0.3) is 0 Å². The Hall–Kier alpha value is -1.69. The first-order valence-electron chi connectivity index (χ1n) is 6.67. The summed E-state index contributed by atoms with van der Waals surface area (Å²) in [5.41, 5.74) is 0. The van der Waals surface area contributed by atoms with Crippen molar-refractivity contribution in [1.82, 2.24) is 0 Å². The molecule has 0 aromatic heterocycles. The molecule has 1 aromatic carbocycles. The summed E-state index contributed by atoms with van der Waals surface area (Å²) in [6.45, 7) is 4.36. The molecule has 0 aliphatic rings. The predicted octanol–water partition coefficient (Wildman–Crippen LogP) is 2.68. The number of rotatable bonds is 8. The van der Waals surface area contributed by atoms with E-state index in [1.54, 1.807) is 24.3 Å². The number of carbonyl (C=O) groups excluding carboxylic acids is 2. The van der Waals surface area contributed by atoms with Crippen LogP contribution in [0.15, 0.2) is 24.3 Å². The zero-order valence-corrected chi connectivity index (χ0v) is 13.3. The SMILES string of the molecule is CCOc1ccc(OC(=O)CSC(C)CC(=O)OC)cc1. The van der Waals surface area contributed by atoms with Gasteiger partial charge in [-0.3, -0.25) is 9.59 Å². The molecule has 0 bridgehead atoms. The molecule has 0 amide bonds. The Morgan fingerprint density at radius 3 is 2.33 bits per heavy atom. The fraction of sp³-hybridized carbons (Fsp3) is 0.467. The number of benzene rings is 1. The molecule has 0 heterocycles. The minimum absolute atomic E-state index is 0.00494. The van der Waals surface area contributed by atoms with Crippen LogP contribution in [0.4, 0.5) is 0 Å². The van der Waals surface area contributed by atoms with E-state index in [9.17, 15) is 9.59 Å². The van der Waals surface area contributed by atoms with Crippen molar-refractivity contribution in [1.29, 1.82) is 0 Å². The van der Waals surface area contributed by atoms with Crippen molar-refractivity contribution in [3.8, 4) is 11.5 Å². The minimum atomic E-state index is -0.346. The van der Waals surface area contributed by atoms with E-state index in [4.69, 9.17) is 9.47 Å². The molecule has 0 saturated carbocycles. The Kier molecular flexibility index (Phi) is 7.68. The molecule has 0 N–H and O–H groups in total. The van der Waals surface area contributed by atoms with E-state index >= 15 is 0 Å². The monoisotopic (exact) mass is 312 g/mol. The van der Waals surface area contributed by atoms with E-state index < -0.39 is 0 Å². The molecule has 0 fully saturated rings. The van der Waals surface area contributed by atoms with Gasteiger partial charge in [0.2, 0.25) is 0 Å². The Balaban J connectivity index is 2.34. The maximum Gasteiger partial charge on any atom is 0.321 e. The number of esters is 2. The average molecular weight is 312 g/mol. The summed E-state index contributed by atoms with van der Waals surface area (Å²) < 4.78 is 15.1. The van der Waals surface area contributed by atoms with E-state index in [0.29, 0.717) is 12.4 Å². The summed E-state index contributed by atoms with van der Waals surface area (Å²) in [7, 11) is 1.35. The van der Waals surface area contributed by atoms with Crippen LogP contribution in [0.5, 0.6) is 11.5 Å². The highest BCUT2D eigenvalue weighted by molar-refractivity contribution is 8.00. The standard InChI is InChI=1S/C15H20O5S/c1-4-19-12-5-7-13(8-6-12)20-15(17)10-21-11(2)9-14(16)18-3/h5-8,11H,4,9-10H2,1-3H3. The van der Waals surface area contributed by atoms with Gasteiger partial charge in [-0.2, -0.15) is 0 Å². The number of hydrogen-bond acceptors (Lipinski definition) is 6. The second-order valence-electron chi connectivity index (χ2n) is 4.28. The Bertz CT molecular complexity index is 458. The van der Waals surface area contributed by atoms with Crippen LogP contribution in [-0.4, -0.2) is 36.7 Å². The lowest BCUT2D eigenvalue weighted by atomic mass is 10.3. The lowest BCUT2D eigenvalue weighted by Gasteiger charge is -2.10. The molecule has 1 atom stereocenters.